The first-order valence-corrected chi connectivity index (χ1v) is 16.8. The van der Waals surface area contributed by atoms with Gasteiger partial charge in [0.25, 0.3) is 0 Å². The van der Waals surface area contributed by atoms with Crippen LogP contribution in [0.1, 0.15) is 24.0 Å². The smallest absolute Gasteiger partial charge is 0.0793 e. The van der Waals surface area contributed by atoms with Crippen LogP contribution in [0, 0.1) is 0 Å². The number of halogens is 2. The van der Waals surface area contributed by atoms with Crippen molar-refractivity contribution in [3.63, 3.8) is 0 Å². The third kappa shape index (κ3) is 11.7. The van der Waals surface area contributed by atoms with Crippen molar-refractivity contribution >= 4 is 66.9 Å². The maximum Gasteiger partial charge on any atom is 0.0793 e. The molecule has 2 saturated heterocycles. The van der Waals surface area contributed by atoms with Crippen LogP contribution in [-0.2, 0) is 22.3 Å². The van der Waals surface area contributed by atoms with E-state index < -0.39 is 0 Å². The SMILES string of the molecule is Cl.ClCCCOCCc1cccc2ccsc12.OC1CN(CCCOCCc2cccc3ccsc23)C1.OC1CNC1. The highest BCUT2D eigenvalue weighted by Gasteiger charge is 2.23. The number of rotatable bonds is 13. The monoisotopic (exact) mass is 654 g/mol. The van der Waals surface area contributed by atoms with Crippen molar-refractivity contribution in [2.45, 2.75) is 37.9 Å². The van der Waals surface area contributed by atoms with Crippen LogP contribution >= 0.6 is 46.7 Å². The molecule has 2 aliphatic rings. The van der Waals surface area contributed by atoms with Gasteiger partial charge < -0.3 is 25.0 Å². The second kappa shape index (κ2) is 19.9. The van der Waals surface area contributed by atoms with Crippen molar-refractivity contribution in [2.75, 3.05) is 65.0 Å². The Morgan fingerprint density at radius 1 is 0.762 bits per heavy atom. The molecule has 0 saturated carbocycles. The van der Waals surface area contributed by atoms with Crippen LogP contribution in [0.2, 0.25) is 0 Å². The number of nitrogens with one attached hydrogen (secondary N) is 1. The van der Waals surface area contributed by atoms with Crippen molar-refractivity contribution in [3.05, 3.63) is 70.4 Å². The van der Waals surface area contributed by atoms with E-state index in [4.69, 9.17) is 26.2 Å². The van der Waals surface area contributed by atoms with Crippen LogP contribution in [0.5, 0.6) is 0 Å². The van der Waals surface area contributed by atoms with Crippen LogP contribution in [-0.4, -0.2) is 92.4 Å². The molecule has 2 fully saturated rings. The molecule has 0 radical (unpaired) electrons. The number of thiophene rings is 2. The fraction of sp³-hybridized carbons (Fsp3) is 0.500. The molecule has 0 bridgehead atoms. The van der Waals surface area contributed by atoms with Gasteiger partial charge in [0, 0.05) is 61.2 Å². The van der Waals surface area contributed by atoms with E-state index in [1.165, 1.54) is 31.3 Å². The van der Waals surface area contributed by atoms with Crippen molar-refractivity contribution in [3.8, 4) is 0 Å². The molecule has 2 aliphatic heterocycles. The topological polar surface area (TPSA) is 74.2 Å². The predicted octanol–water partition coefficient (Wildman–Crippen LogP) is 5.99. The minimum Gasteiger partial charge on any atom is -0.390 e. The number of alkyl halides is 1. The van der Waals surface area contributed by atoms with Gasteiger partial charge in [0.15, 0.2) is 0 Å². The van der Waals surface area contributed by atoms with E-state index in [2.05, 4.69) is 69.5 Å². The van der Waals surface area contributed by atoms with E-state index in [1.54, 1.807) is 11.3 Å². The van der Waals surface area contributed by atoms with E-state index in [9.17, 15) is 5.11 Å². The lowest BCUT2D eigenvalue weighted by atomic mass is 10.1. The number of hydrogen-bond acceptors (Lipinski definition) is 8. The summed E-state index contributed by atoms with van der Waals surface area (Å²) in [6, 6.07) is 17.3. The largest absolute Gasteiger partial charge is 0.390 e. The first kappa shape index (κ1) is 35.2. The van der Waals surface area contributed by atoms with Crippen molar-refractivity contribution in [2.24, 2.45) is 0 Å². The molecular weight excluding hydrogens is 611 g/mol. The van der Waals surface area contributed by atoms with Gasteiger partial charge in [0.05, 0.1) is 25.4 Å². The van der Waals surface area contributed by atoms with Gasteiger partial charge in [-0.25, -0.2) is 0 Å². The summed E-state index contributed by atoms with van der Waals surface area (Å²) in [5.74, 6) is 0.681. The standard InChI is InChI=1S/C16H21NO2S.C13H15ClOS.C3H7NO.ClH/c18-15-11-17(12-15)7-2-8-19-9-5-13-3-1-4-14-6-10-20-16(13)14;14-7-2-8-15-9-5-11-3-1-4-12-6-10-16-13(11)12;5-3-1-4-2-3;/h1,3-4,6,10,15,18H,2,5,7-9,11-12H2;1,3-4,6,10H,2,5,7-9H2;3-5H,1-2H2;1H. The molecule has 42 heavy (non-hydrogen) atoms. The van der Waals surface area contributed by atoms with Gasteiger partial charge in [-0.1, -0.05) is 36.4 Å². The molecule has 6 rings (SSSR count). The first-order chi connectivity index (χ1) is 20.1. The minimum atomic E-state index is -0.0952. The highest BCUT2D eigenvalue weighted by molar-refractivity contribution is 7.17. The molecule has 232 valence electrons. The Hall–Kier alpha value is -1.30. The Bertz CT molecular complexity index is 1280. The first-order valence-electron chi connectivity index (χ1n) is 14.5. The summed E-state index contributed by atoms with van der Waals surface area (Å²) in [5, 5.41) is 27.4. The highest BCUT2D eigenvalue weighted by atomic mass is 35.5. The number of fused-ring (bicyclic) bond motifs is 2. The molecule has 3 N–H and O–H groups in total. The Balaban J connectivity index is 0.000000197. The van der Waals surface area contributed by atoms with Gasteiger partial charge in [-0.15, -0.1) is 46.7 Å². The van der Waals surface area contributed by atoms with Crippen LogP contribution < -0.4 is 5.32 Å². The summed E-state index contributed by atoms with van der Waals surface area (Å²) in [4.78, 5) is 2.26. The zero-order valence-electron chi connectivity index (χ0n) is 24.1. The van der Waals surface area contributed by atoms with Crippen molar-refractivity contribution in [1.82, 2.24) is 10.2 Å². The second-order valence-electron chi connectivity index (χ2n) is 10.4. The molecule has 6 nitrogen and oxygen atoms in total. The van der Waals surface area contributed by atoms with Gasteiger partial charge in [-0.3, -0.25) is 4.90 Å². The normalized spacial score (nSPS) is 15.2. The number of nitrogens with zero attached hydrogens (tertiary/aromatic N) is 1. The third-order valence-electron chi connectivity index (χ3n) is 7.04. The van der Waals surface area contributed by atoms with Gasteiger partial charge >= 0.3 is 0 Å². The Morgan fingerprint density at radius 2 is 1.29 bits per heavy atom. The van der Waals surface area contributed by atoms with E-state index >= 15 is 0 Å². The summed E-state index contributed by atoms with van der Waals surface area (Å²) in [6.45, 7) is 7.45. The lowest BCUT2D eigenvalue weighted by Crippen LogP contribution is -2.50. The average Bonchev–Trinajstić information content (AvgIpc) is 3.64. The number of aliphatic hydroxyl groups is 2. The Morgan fingerprint density at radius 3 is 1.74 bits per heavy atom. The quantitative estimate of drug-likeness (QED) is 0.122. The Labute approximate surface area is 269 Å². The molecule has 10 heteroatoms. The maximum atomic E-state index is 9.18. The summed E-state index contributed by atoms with van der Waals surface area (Å²) < 4.78 is 14.0. The van der Waals surface area contributed by atoms with Crippen LogP contribution in [0.25, 0.3) is 20.2 Å². The summed E-state index contributed by atoms with van der Waals surface area (Å²) in [5.41, 5.74) is 2.78. The summed E-state index contributed by atoms with van der Waals surface area (Å²) >= 11 is 9.20. The fourth-order valence-electron chi connectivity index (χ4n) is 4.62. The number of aliphatic hydroxyl groups excluding tert-OH is 2. The molecule has 2 aromatic heterocycles. The van der Waals surface area contributed by atoms with Gasteiger partial charge in [0.2, 0.25) is 0 Å². The zero-order chi connectivity index (χ0) is 28.7. The van der Waals surface area contributed by atoms with E-state index in [0.717, 1.165) is 84.8 Å². The molecule has 0 aliphatic carbocycles. The zero-order valence-corrected chi connectivity index (χ0v) is 27.3. The second-order valence-corrected chi connectivity index (χ2v) is 12.6. The molecule has 0 spiro atoms. The van der Waals surface area contributed by atoms with E-state index in [0.29, 0.717) is 5.88 Å². The van der Waals surface area contributed by atoms with Crippen molar-refractivity contribution in [1.29, 1.82) is 0 Å². The fourth-order valence-corrected chi connectivity index (χ4v) is 6.62. The summed E-state index contributed by atoms with van der Waals surface area (Å²) in [6.07, 6.45) is 3.82. The molecule has 0 amide bonds. The average molecular weight is 656 g/mol. The molecule has 4 aromatic rings. The van der Waals surface area contributed by atoms with Crippen molar-refractivity contribution < 1.29 is 19.7 Å². The minimum absolute atomic E-state index is 0. The lowest BCUT2D eigenvalue weighted by molar-refractivity contribution is -0.00304. The molecule has 0 atom stereocenters. The van der Waals surface area contributed by atoms with Crippen LogP contribution in [0.4, 0.5) is 0 Å². The van der Waals surface area contributed by atoms with Gasteiger partial charge in [-0.2, -0.15) is 0 Å². The molecule has 2 aromatic carbocycles. The predicted molar refractivity (Wildman–Crippen MR) is 181 cm³/mol. The number of β-amino-alcohol motifs (C(OH)–C–C–N with tert-alkyl or cyclic N) is 2. The van der Waals surface area contributed by atoms with E-state index in [-0.39, 0.29) is 24.6 Å². The number of benzene rings is 2. The number of hydrogen-bond donors (Lipinski definition) is 3. The maximum absolute atomic E-state index is 9.18. The lowest BCUT2D eigenvalue weighted by Gasteiger charge is -2.35. The van der Waals surface area contributed by atoms with Gasteiger partial charge in [0.1, 0.15) is 0 Å². The van der Waals surface area contributed by atoms with E-state index in [1.807, 2.05) is 11.3 Å². The van der Waals surface area contributed by atoms with Crippen LogP contribution in [0.3, 0.4) is 0 Å². The molecule has 4 heterocycles. The summed E-state index contributed by atoms with van der Waals surface area (Å²) in [7, 11) is 0. The Kier molecular flexibility index (Phi) is 16.6. The number of likely N-dealkylation sites (tertiary alicyclic amines) is 1. The third-order valence-corrected chi connectivity index (χ3v) is 9.31. The number of ether oxygens (including phenoxy) is 2. The van der Waals surface area contributed by atoms with Crippen LogP contribution in [0.15, 0.2) is 59.3 Å². The molecular formula is C32H44Cl2N2O4S2. The molecule has 0 unspecified atom stereocenters. The van der Waals surface area contributed by atoms with Gasteiger partial charge in [-0.05, 0) is 70.5 Å². The highest BCUT2D eigenvalue weighted by Crippen LogP contribution is 2.26.